The zero-order valence-electron chi connectivity index (χ0n) is 13.7. The number of aromatic amines is 1. The molecule has 0 atom stereocenters. The Kier molecular flexibility index (Phi) is 4.42. The maximum absolute atomic E-state index is 13.3. The van der Waals surface area contributed by atoms with Crippen molar-refractivity contribution in [2.45, 2.75) is 13.5 Å². The lowest BCUT2D eigenvalue weighted by Gasteiger charge is -2.17. The highest BCUT2D eigenvalue weighted by atomic mass is 19.1. The third-order valence-corrected chi connectivity index (χ3v) is 3.78. The molecule has 0 saturated carbocycles. The van der Waals surface area contributed by atoms with Crippen molar-refractivity contribution in [2.75, 3.05) is 7.05 Å². The molecule has 0 bridgehead atoms. The van der Waals surface area contributed by atoms with Crippen LogP contribution < -0.4 is 5.56 Å². The van der Waals surface area contributed by atoms with Gasteiger partial charge in [-0.15, -0.1) is 0 Å². The van der Waals surface area contributed by atoms with Crippen LogP contribution >= 0.6 is 0 Å². The van der Waals surface area contributed by atoms with Crippen LogP contribution in [0.2, 0.25) is 0 Å². The fraction of sp³-hybridized carbons (Fsp3) is 0.176. The van der Waals surface area contributed by atoms with Crippen LogP contribution in [0.5, 0.6) is 0 Å². The van der Waals surface area contributed by atoms with Gasteiger partial charge in [-0.05, 0) is 30.7 Å². The smallest absolute Gasteiger partial charge is 0.264 e. The van der Waals surface area contributed by atoms with Crippen molar-refractivity contribution in [3.8, 4) is 5.82 Å². The van der Waals surface area contributed by atoms with Crippen molar-refractivity contribution in [3.05, 3.63) is 75.6 Å². The molecule has 0 saturated heterocycles. The minimum Gasteiger partial charge on any atom is -0.337 e. The number of carbonyl (C=O) groups excluding carboxylic acids is 1. The van der Waals surface area contributed by atoms with Crippen molar-refractivity contribution < 1.29 is 9.18 Å². The molecule has 2 heterocycles. The summed E-state index contributed by atoms with van der Waals surface area (Å²) in [6, 6.07) is 8.97. The second-order valence-corrected chi connectivity index (χ2v) is 5.63. The molecular formula is C17H16FN5O2. The van der Waals surface area contributed by atoms with Crippen molar-refractivity contribution in [3.63, 3.8) is 0 Å². The Labute approximate surface area is 142 Å². The van der Waals surface area contributed by atoms with Crippen LogP contribution in [0.1, 0.15) is 21.6 Å². The first-order valence-corrected chi connectivity index (χ1v) is 7.56. The van der Waals surface area contributed by atoms with Crippen molar-refractivity contribution >= 4 is 5.91 Å². The van der Waals surface area contributed by atoms with E-state index in [-0.39, 0.29) is 23.8 Å². The van der Waals surface area contributed by atoms with E-state index in [1.54, 1.807) is 26.1 Å². The molecule has 128 valence electrons. The van der Waals surface area contributed by atoms with E-state index in [1.165, 1.54) is 40.0 Å². The van der Waals surface area contributed by atoms with Crippen LogP contribution in [-0.2, 0) is 6.54 Å². The van der Waals surface area contributed by atoms with Gasteiger partial charge in [0, 0.05) is 19.7 Å². The largest absolute Gasteiger partial charge is 0.337 e. The second kappa shape index (κ2) is 6.68. The summed E-state index contributed by atoms with van der Waals surface area (Å²) < 4.78 is 14.7. The van der Waals surface area contributed by atoms with E-state index in [0.29, 0.717) is 22.6 Å². The zero-order valence-corrected chi connectivity index (χ0v) is 13.7. The quantitative estimate of drug-likeness (QED) is 0.782. The van der Waals surface area contributed by atoms with Crippen molar-refractivity contribution in [1.29, 1.82) is 0 Å². The van der Waals surface area contributed by atoms with Gasteiger partial charge in [0.25, 0.3) is 11.5 Å². The minimum atomic E-state index is -0.341. The number of carbonyl (C=O) groups is 1. The molecule has 3 rings (SSSR count). The van der Waals surface area contributed by atoms with Crippen molar-refractivity contribution in [1.82, 2.24) is 24.9 Å². The van der Waals surface area contributed by atoms with Gasteiger partial charge >= 0.3 is 0 Å². The first kappa shape index (κ1) is 16.6. The Balaban J connectivity index is 1.83. The van der Waals surface area contributed by atoms with Crippen LogP contribution in [0.3, 0.4) is 0 Å². The lowest BCUT2D eigenvalue weighted by Crippen LogP contribution is -2.26. The molecular weight excluding hydrogens is 325 g/mol. The molecule has 0 radical (unpaired) electrons. The first-order chi connectivity index (χ1) is 12.0. The number of halogens is 1. The normalized spacial score (nSPS) is 10.7. The third-order valence-electron chi connectivity index (χ3n) is 3.78. The summed E-state index contributed by atoms with van der Waals surface area (Å²) in [6.07, 6.45) is 1.45. The van der Waals surface area contributed by atoms with Gasteiger partial charge in [-0.25, -0.2) is 14.2 Å². The number of rotatable bonds is 4. The van der Waals surface area contributed by atoms with E-state index < -0.39 is 0 Å². The summed E-state index contributed by atoms with van der Waals surface area (Å²) in [5.74, 6) is -0.173. The lowest BCUT2D eigenvalue weighted by atomic mass is 10.2. The van der Waals surface area contributed by atoms with Gasteiger partial charge in [-0.3, -0.25) is 9.59 Å². The number of hydrogen-bond donors (Lipinski definition) is 1. The zero-order chi connectivity index (χ0) is 18.0. The average molecular weight is 341 g/mol. The van der Waals surface area contributed by atoms with Crippen LogP contribution in [0, 0.1) is 12.7 Å². The van der Waals surface area contributed by atoms with Gasteiger partial charge in [-0.1, -0.05) is 12.1 Å². The molecule has 0 fully saturated rings. The Morgan fingerprint density at radius 1 is 1.32 bits per heavy atom. The van der Waals surface area contributed by atoms with E-state index in [9.17, 15) is 14.0 Å². The summed E-state index contributed by atoms with van der Waals surface area (Å²) in [5, 5.41) is 10.4. The predicted molar refractivity (Wildman–Crippen MR) is 88.9 cm³/mol. The maximum Gasteiger partial charge on any atom is 0.264 e. The predicted octanol–water partition coefficient (Wildman–Crippen LogP) is 1.68. The van der Waals surface area contributed by atoms with Gasteiger partial charge in [-0.2, -0.15) is 10.2 Å². The summed E-state index contributed by atoms with van der Waals surface area (Å²) >= 11 is 0. The molecule has 0 unspecified atom stereocenters. The fourth-order valence-electron chi connectivity index (χ4n) is 2.49. The second-order valence-electron chi connectivity index (χ2n) is 5.63. The highest BCUT2D eigenvalue weighted by Crippen LogP contribution is 2.15. The molecule has 3 aromatic rings. The first-order valence-electron chi connectivity index (χ1n) is 7.56. The summed E-state index contributed by atoms with van der Waals surface area (Å²) in [6.45, 7) is 2.02. The third kappa shape index (κ3) is 3.47. The molecule has 0 spiro atoms. The molecule has 0 aliphatic heterocycles. The number of nitrogens with one attached hydrogen (secondary N) is 1. The van der Waals surface area contributed by atoms with Crippen LogP contribution in [0.4, 0.5) is 4.39 Å². The molecule has 1 aromatic carbocycles. The van der Waals surface area contributed by atoms with Crippen LogP contribution in [0.25, 0.3) is 5.82 Å². The Bertz CT molecular complexity index is 959. The molecule has 0 aliphatic carbocycles. The van der Waals surface area contributed by atoms with E-state index in [0.717, 1.165) is 0 Å². The highest BCUT2D eigenvalue weighted by molar-refractivity contribution is 5.95. The molecule has 1 N–H and O–H groups in total. The average Bonchev–Trinajstić information content (AvgIpc) is 2.96. The van der Waals surface area contributed by atoms with E-state index in [4.69, 9.17) is 0 Å². The number of nitrogens with zero attached hydrogens (tertiary/aromatic N) is 4. The van der Waals surface area contributed by atoms with E-state index in [2.05, 4.69) is 15.3 Å². The van der Waals surface area contributed by atoms with Gasteiger partial charge < -0.3 is 4.90 Å². The molecule has 8 heteroatoms. The topological polar surface area (TPSA) is 83.9 Å². The molecule has 1 amide bonds. The fourth-order valence-corrected chi connectivity index (χ4v) is 2.49. The summed E-state index contributed by atoms with van der Waals surface area (Å²) in [5.41, 5.74) is 1.38. The number of H-pyrrole nitrogens is 1. The summed E-state index contributed by atoms with van der Waals surface area (Å²) in [4.78, 5) is 25.2. The number of amides is 1. The van der Waals surface area contributed by atoms with E-state index in [1.807, 2.05) is 0 Å². The standard InChI is InChI=1S/C17H16FN5O2/c1-11-14(9-19-23(11)15-6-7-16(24)21-20-15)17(25)22(2)10-12-4-3-5-13(18)8-12/h3-9H,10H2,1-2H3,(H,21,24). The van der Waals surface area contributed by atoms with Crippen LogP contribution in [0.15, 0.2) is 47.4 Å². The van der Waals surface area contributed by atoms with Crippen LogP contribution in [-0.4, -0.2) is 37.8 Å². The number of benzene rings is 1. The number of aromatic nitrogens is 4. The van der Waals surface area contributed by atoms with Gasteiger partial charge in [0.1, 0.15) is 5.82 Å². The molecule has 25 heavy (non-hydrogen) atoms. The SMILES string of the molecule is Cc1c(C(=O)N(C)Cc2cccc(F)c2)cnn1-c1ccc(=O)[nH]n1. The molecule has 2 aromatic heterocycles. The van der Waals surface area contributed by atoms with Crippen molar-refractivity contribution in [2.24, 2.45) is 0 Å². The Morgan fingerprint density at radius 3 is 2.80 bits per heavy atom. The van der Waals surface area contributed by atoms with Gasteiger partial charge in [0.2, 0.25) is 0 Å². The Morgan fingerprint density at radius 2 is 2.12 bits per heavy atom. The minimum absolute atomic E-state index is 0.238. The lowest BCUT2D eigenvalue weighted by molar-refractivity contribution is 0.0784. The maximum atomic E-state index is 13.3. The van der Waals surface area contributed by atoms with Gasteiger partial charge in [0.15, 0.2) is 5.82 Å². The number of hydrogen-bond acceptors (Lipinski definition) is 4. The van der Waals surface area contributed by atoms with Gasteiger partial charge in [0.05, 0.1) is 17.5 Å². The Hall–Kier alpha value is -3.29. The molecule has 7 nitrogen and oxygen atoms in total. The summed E-state index contributed by atoms with van der Waals surface area (Å²) in [7, 11) is 1.64. The monoisotopic (exact) mass is 341 g/mol. The van der Waals surface area contributed by atoms with E-state index >= 15 is 0 Å². The highest BCUT2D eigenvalue weighted by Gasteiger charge is 2.19. The molecule has 0 aliphatic rings.